The van der Waals surface area contributed by atoms with Crippen molar-refractivity contribution in [2.24, 2.45) is 0 Å². The van der Waals surface area contributed by atoms with Gasteiger partial charge in [0.2, 0.25) is 0 Å². The van der Waals surface area contributed by atoms with Crippen molar-refractivity contribution in [3.63, 3.8) is 0 Å². The summed E-state index contributed by atoms with van der Waals surface area (Å²) in [7, 11) is 0. The Bertz CT molecular complexity index is 522. The first-order chi connectivity index (χ1) is 10.1. The highest BCUT2D eigenvalue weighted by atomic mass is 16.6. The minimum Gasteiger partial charge on any atom is -0.478 e. The molecule has 5 heteroatoms. The summed E-state index contributed by atoms with van der Waals surface area (Å²) in [4.78, 5) is 22.6. The molecule has 0 spiro atoms. The molecule has 0 bridgehead atoms. The van der Waals surface area contributed by atoms with Gasteiger partial charge in [-0.15, -0.1) is 0 Å². The number of ether oxygens (including phenoxy) is 1. The molecule has 1 aliphatic rings. The number of nitrogens with one attached hydrogen (secondary N) is 1. The van der Waals surface area contributed by atoms with Crippen molar-refractivity contribution < 1.29 is 19.4 Å². The average molecular weight is 289 g/mol. The van der Waals surface area contributed by atoms with E-state index in [0.717, 1.165) is 32.1 Å². The van der Waals surface area contributed by atoms with E-state index in [0.29, 0.717) is 5.69 Å². The van der Waals surface area contributed by atoms with E-state index >= 15 is 0 Å². The zero-order valence-electron chi connectivity index (χ0n) is 11.7. The molecule has 112 valence electrons. The van der Waals surface area contributed by atoms with Gasteiger partial charge in [0.25, 0.3) is 0 Å². The summed E-state index contributed by atoms with van der Waals surface area (Å²) in [6, 6.07) is 5.98. The van der Waals surface area contributed by atoms with Crippen molar-refractivity contribution in [2.75, 3.05) is 5.32 Å². The van der Waals surface area contributed by atoms with Gasteiger partial charge in [-0.3, -0.25) is 5.32 Å². The van der Waals surface area contributed by atoms with Crippen molar-refractivity contribution in [1.29, 1.82) is 0 Å². The third-order valence-corrected chi connectivity index (χ3v) is 3.37. The molecule has 1 aliphatic carbocycles. The molecule has 0 aliphatic heterocycles. The Kier molecular flexibility index (Phi) is 5.37. The minimum absolute atomic E-state index is 0.0618. The van der Waals surface area contributed by atoms with Gasteiger partial charge in [0.15, 0.2) is 0 Å². The summed E-state index contributed by atoms with van der Waals surface area (Å²) in [5.41, 5.74) is 0.705. The number of hydrogen-bond acceptors (Lipinski definition) is 3. The number of aromatic carboxylic acids is 1. The number of rotatable bonds is 3. The van der Waals surface area contributed by atoms with Crippen molar-refractivity contribution >= 4 is 17.7 Å². The second-order valence-corrected chi connectivity index (χ2v) is 5.01. The fraction of sp³-hybridized carbons (Fsp3) is 0.375. The molecule has 2 rings (SSSR count). The molecule has 0 heterocycles. The highest BCUT2D eigenvalue weighted by Crippen LogP contribution is 2.17. The maximum absolute atomic E-state index is 11.8. The van der Waals surface area contributed by atoms with Crippen LogP contribution in [0.1, 0.15) is 42.5 Å². The van der Waals surface area contributed by atoms with Gasteiger partial charge >= 0.3 is 12.1 Å². The summed E-state index contributed by atoms with van der Waals surface area (Å²) < 4.78 is 5.41. The normalized spacial score (nSPS) is 18.4. The molecule has 0 fully saturated rings. The number of hydrogen-bond donors (Lipinski definition) is 2. The molecule has 2 N–H and O–H groups in total. The molecule has 0 saturated heterocycles. The standard InChI is InChI=1S/C16H19NO4/c18-15(19)12-8-10-13(11-9-12)17-16(20)21-14-6-4-2-1-3-5-7-14/h1-2,8-11,14H,3-7H2,(H,17,20)(H,18,19). The first-order valence-electron chi connectivity index (χ1n) is 7.11. The van der Waals surface area contributed by atoms with Crippen LogP contribution in [0.5, 0.6) is 0 Å². The molecule has 1 amide bonds. The largest absolute Gasteiger partial charge is 0.478 e. The Morgan fingerprint density at radius 3 is 2.52 bits per heavy atom. The van der Waals surface area contributed by atoms with E-state index in [1.807, 2.05) is 0 Å². The summed E-state index contributed by atoms with van der Waals surface area (Å²) in [5, 5.41) is 11.4. The van der Waals surface area contributed by atoms with Gasteiger partial charge in [0.05, 0.1) is 5.56 Å². The topological polar surface area (TPSA) is 75.6 Å². The number of amides is 1. The van der Waals surface area contributed by atoms with Gasteiger partial charge in [-0.25, -0.2) is 9.59 Å². The summed E-state index contributed by atoms with van der Waals surface area (Å²) in [5.74, 6) is -0.994. The maximum atomic E-state index is 11.8. The van der Waals surface area contributed by atoms with Crippen molar-refractivity contribution in [1.82, 2.24) is 0 Å². The van der Waals surface area contributed by atoms with Gasteiger partial charge in [-0.1, -0.05) is 12.2 Å². The lowest BCUT2D eigenvalue weighted by atomic mass is 10.0. The van der Waals surface area contributed by atoms with Crippen LogP contribution in [0.4, 0.5) is 10.5 Å². The smallest absolute Gasteiger partial charge is 0.411 e. The molecular formula is C16H19NO4. The predicted molar refractivity (Wildman–Crippen MR) is 79.5 cm³/mol. The molecule has 0 saturated carbocycles. The fourth-order valence-corrected chi connectivity index (χ4v) is 2.24. The molecule has 0 aromatic heterocycles. The van der Waals surface area contributed by atoms with E-state index < -0.39 is 12.1 Å². The fourth-order valence-electron chi connectivity index (χ4n) is 2.24. The Morgan fingerprint density at radius 1 is 1.10 bits per heavy atom. The van der Waals surface area contributed by atoms with E-state index in [-0.39, 0.29) is 11.7 Å². The molecule has 0 radical (unpaired) electrons. The highest BCUT2D eigenvalue weighted by molar-refractivity contribution is 5.89. The Labute approximate surface area is 123 Å². The monoisotopic (exact) mass is 289 g/mol. The van der Waals surface area contributed by atoms with Crippen LogP contribution in [0.2, 0.25) is 0 Å². The Hall–Kier alpha value is -2.30. The lowest BCUT2D eigenvalue weighted by Crippen LogP contribution is -2.22. The van der Waals surface area contributed by atoms with Crippen LogP contribution < -0.4 is 5.32 Å². The van der Waals surface area contributed by atoms with Crippen molar-refractivity contribution in [3.05, 3.63) is 42.0 Å². The number of allylic oxidation sites excluding steroid dienone is 2. The van der Waals surface area contributed by atoms with Crippen molar-refractivity contribution in [2.45, 2.75) is 38.2 Å². The van der Waals surface area contributed by atoms with Gasteiger partial charge in [-0.05, 0) is 56.4 Å². The average Bonchev–Trinajstić information content (AvgIpc) is 2.42. The molecular weight excluding hydrogens is 270 g/mol. The SMILES string of the molecule is O=C(Nc1ccc(C(=O)O)cc1)OC1CCC=CCCC1. The van der Waals surface area contributed by atoms with Gasteiger partial charge < -0.3 is 9.84 Å². The number of carboxylic acid groups (broad SMARTS) is 1. The Morgan fingerprint density at radius 2 is 1.81 bits per heavy atom. The van der Waals surface area contributed by atoms with E-state index in [1.165, 1.54) is 12.1 Å². The van der Waals surface area contributed by atoms with E-state index in [4.69, 9.17) is 9.84 Å². The minimum atomic E-state index is -0.994. The first kappa shape index (κ1) is 15.1. The van der Waals surface area contributed by atoms with Crippen LogP contribution in [-0.4, -0.2) is 23.3 Å². The van der Waals surface area contributed by atoms with Crippen LogP contribution >= 0.6 is 0 Å². The lowest BCUT2D eigenvalue weighted by molar-refractivity contribution is 0.0696. The molecule has 5 nitrogen and oxygen atoms in total. The van der Waals surface area contributed by atoms with E-state index in [9.17, 15) is 9.59 Å². The molecule has 1 aromatic rings. The number of anilines is 1. The molecule has 1 unspecified atom stereocenters. The molecule has 21 heavy (non-hydrogen) atoms. The van der Waals surface area contributed by atoms with Gasteiger partial charge in [0.1, 0.15) is 6.10 Å². The van der Waals surface area contributed by atoms with Gasteiger partial charge in [0, 0.05) is 5.69 Å². The zero-order valence-corrected chi connectivity index (χ0v) is 11.7. The molecule has 1 atom stereocenters. The third-order valence-electron chi connectivity index (χ3n) is 3.37. The summed E-state index contributed by atoms with van der Waals surface area (Å²) >= 11 is 0. The van der Waals surface area contributed by atoms with E-state index in [2.05, 4.69) is 17.5 Å². The number of carbonyl (C=O) groups is 2. The summed E-state index contributed by atoms with van der Waals surface area (Å²) in [6.45, 7) is 0. The van der Waals surface area contributed by atoms with Gasteiger partial charge in [-0.2, -0.15) is 0 Å². The van der Waals surface area contributed by atoms with Crippen LogP contribution in [0, 0.1) is 0 Å². The van der Waals surface area contributed by atoms with Crippen LogP contribution in [0.3, 0.4) is 0 Å². The number of carbonyl (C=O) groups excluding carboxylic acids is 1. The third kappa shape index (κ3) is 4.95. The first-order valence-corrected chi connectivity index (χ1v) is 7.11. The zero-order chi connectivity index (χ0) is 15.1. The maximum Gasteiger partial charge on any atom is 0.411 e. The van der Waals surface area contributed by atoms with Crippen LogP contribution in [-0.2, 0) is 4.74 Å². The highest BCUT2D eigenvalue weighted by Gasteiger charge is 2.14. The summed E-state index contributed by atoms with van der Waals surface area (Å²) in [6.07, 6.45) is 8.40. The molecule has 1 aromatic carbocycles. The second kappa shape index (κ2) is 7.47. The van der Waals surface area contributed by atoms with Crippen LogP contribution in [0.15, 0.2) is 36.4 Å². The van der Waals surface area contributed by atoms with E-state index in [1.54, 1.807) is 12.1 Å². The Balaban J connectivity index is 1.85. The van der Waals surface area contributed by atoms with Crippen LogP contribution in [0.25, 0.3) is 0 Å². The number of benzene rings is 1. The quantitative estimate of drug-likeness (QED) is 0.829. The second-order valence-electron chi connectivity index (χ2n) is 5.01. The number of carboxylic acids is 1. The van der Waals surface area contributed by atoms with Crippen molar-refractivity contribution in [3.8, 4) is 0 Å². The lowest BCUT2D eigenvalue weighted by Gasteiger charge is -2.18. The predicted octanol–water partition coefficient (Wildman–Crippen LogP) is 3.82.